The van der Waals surface area contributed by atoms with E-state index in [2.05, 4.69) is 12.1 Å². The number of carbonyl (C=O) groups excluding carboxylic acids is 2. The summed E-state index contributed by atoms with van der Waals surface area (Å²) in [5, 5.41) is 0. The van der Waals surface area contributed by atoms with E-state index in [0.29, 0.717) is 11.1 Å². The Morgan fingerprint density at radius 1 is 0.600 bits per heavy atom. The maximum Gasteiger partial charge on any atom is 0.234 e. The molecule has 0 aliphatic heterocycles. The Bertz CT molecular complexity index is 715. The zero-order valence-electron chi connectivity index (χ0n) is 12.1. The van der Waals surface area contributed by atoms with Gasteiger partial charge in [-0.1, -0.05) is 23.3 Å². The molecule has 0 heterocycles. The summed E-state index contributed by atoms with van der Waals surface area (Å²) in [6.45, 7) is 7.89. The van der Waals surface area contributed by atoms with Crippen LogP contribution in [0.5, 0.6) is 0 Å². The first kappa shape index (κ1) is 12.8. The minimum absolute atomic E-state index is 0.385. The molecule has 3 rings (SSSR count). The molecular weight excluding hydrogens is 248 g/mol. The summed E-state index contributed by atoms with van der Waals surface area (Å²) >= 11 is 0. The number of rotatable bonds is 0. The van der Waals surface area contributed by atoms with Gasteiger partial charge in [-0.3, -0.25) is 9.59 Å². The molecule has 0 unspecified atom stereocenters. The van der Waals surface area contributed by atoms with Crippen molar-refractivity contribution in [1.29, 1.82) is 0 Å². The van der Waals surface area contributed by atoms with Crippen molar-refractivity contribution >= 4 is 11.6 Å². The fraction of sp³-hybridized carbons (Fsp3) is 0.222. The SMILES string of the molecule is Cc1cc(C)c2c(c1)C(=O)C(=O)c1cc(C)cc(C)c1-2. The average Bonchev–Trinajstić information content (AvgIpc) is 2.35. The Labute approximate surface area is 118 Å². The van der Waals surface area contributed by atoms with Crippen LogP contribution in [0, 0.1) is 27.7 Å². The fourth-order valence-corrected chi connectivity index (χ4v) is 3.20. The number of Topliss-reactive ketones (excluding diaryl/α,β-unsaturated/α-hetero) is 2. The van der Waals surface area contributed by atoms with E-state index in [-0.39, 0.29) is 11.6 Å². The Hall–Kier alpha value is -2.22. The first-order chi connectivity index (χ1) is 9.40. The maximum atomic E-state index is 12.4. The molecule has 1 aliphatic rings. The van der Waals surface area contributed by atoms with E-state index in [1.54, 1.807) is 0 Å². The molecule has 0 saturated heterocycles. The van der Waals surface area contributed by atoms with Crippen LogP contribution in [0.1, 0.15) is 43.0 Å². The monoisotopic (exact) mass is 264 g/mol. The van der Waals surface area contributed by atoms with Crippen molar-refractivity contribution in [3.8, 4) is 11.1 Å². The zero-order chi connectivity index (χ0) is 14.6. The van der Waals surface area contributed by atoms with Crippen LogP contribution in [0.2, 0.25) is 0 Å². The van der Waals surface area contributed by atoms with Gasteiger partial charge in [0, 0.05) is 11.1 Å². The molecule has 0 aromatic heterocycles. The van der Waals surface area contributed by atoms with Crippen molar-refractivity contribution in [3.05, 3.63) is 57.6 Å². The summed E-state index contributed by atoms with van der Waals surface area (Å²) < 4.78 is 0. The lowest BCUT2D eigenvalue weighted by Crippen LogP contribution is -2.23. The quantitative estimate of drug-likeness (QED) is 0.675. The Morgan fingerprint density at radius 2 is 0.950 bits per heavy atom. The molecule has 20 heavy (non-hydrogen) atoms. The molecule has 0 N–H and O–H groups in total. The number of aryl methyl sites for hydroxylation is 4. The Balaban J connectivity index is 2.49. The van der Waals surface area contributed by atoms with Crippen molar-refractivity contribution in [3.63, 3.8) is 0 Å². The molecule has 2 nitrogen and oxygen atoms in total. The molecule has 0 amide bonds. The van der Waals surface area contributed by atoms with Crippen molar-refractivity contribution < 1.29 is 9.59 Å². The molecule has 0 spiro atoms. The van der Waals surface area contributed by atoms with Gasteiger partial charge in [-0.05, 0) is 62.1 Å². The normalized spacial score (nSPS) is 13.2. The number of benzene rings is 2. The van der Waals surface area contributed by atoms with Gasteiger partial charge in [-0.15, -0.1) is 0 Å². The third kappa shape index (κ3) is 1.64. The molecule has 2 aromatic carbocycles. The van der Waals surface area contributed by atoms with Gasteiger partial charge >= 0.3 is 0 Å². The van der Waals surface area contributed by atoms with E-state index < -0.39 is 0 Å². The van der Waals surface area contributed by atoms with Crippen molar-refractivity contribution in [2.75, 3.05) is 0 Å². The minimum Gasteiger partial charge on any atom is -0.285 e. The van der Waals surface area contributed by atoms with Crippen LogP contribution in [0.4, 0.5) is 0 Å². The zero-order valence-corrected chi connectivity index (χ0v) is 12.1. The molecular formula is C18H16O2. The van der Waals surface area contributed by atoms with E-state index >= 15 is 0 Å². The van der Waals surface area contributed by atoms with E-state index in [1.807, 2.05) is 39.8 Å². The smallest absolute Gasteiger partial charge is 0.234 e. The van der Waals surface area contributed by atoms with Gasteiger partial charge in [-0.2, -0.15) is 0 Å². The van der Waals surface area contributed by atoms with E-state index in [1.165, 1.54) is 0 Å². The minimum atomic E-state index is -0.385. The molecule has 1 aliphatic carbocycles. The molecule has 2 heteroatoms. The predicted octanol–water partition coefficient (Wildman–Crippen LogP) is 3.97. The second kappa shape index (κ2) is 4.14. The van der Waals surface area contributed by atoms with Crippen molar-refractivity contribution in [2.24, 2.45) is 0 Å². The third-order valence-corrected chi connectivity index (χ3v) is 3.91. The number of fused-ring (bicyclic) bond motifs is 3. The first-order valence-corrected chi connectivity index (χ1v) is 6.72. The van der Waals surface area contributed by atoms with Crippen LogP contribution in [0.3, 0.4) is 0 Å². The van der Waals surface area contributed by atoms with Crippen LogP contribution < -0.4 is 0 Å². The molecule has 0 bridgehead atoms. The van der Waals surface area contributed by atoms with E-state index in [0.717, 1.165) is 33.4 Å². The van der Waals surface area contributed by atoms with Gasteiger partial charge in [0.05, 0.1) is 0 Å². The number of hydrogen-bond donors (Lipinski definition) is 0. The average molecular weight is 264 g/mol. The number of carbonyl (C=O) groups is 2. The summed E-state index contributed by atoms with van der Waals surface area (Å²) in [6, 6.07) is 7.77. The first-order valence-electron chi connectivity index (χ1n) is 6.72. The highest BCUT2D eigenvalue weighted by molar-refractivity contribution is 6.53. The highest BCUT2D eigenvalue weighted by atomic mass is 16.2. The summed E-state index contributed by atoms with van der Waals surface area (Å²) in [6.07, 6.45) is 0. The summed E-state index contributed by atoms with van der Waals surface area (Å²) in [5.41, 5.74) is 7.06. The Kier molecular flexibility index (Phi) is 2.65. The molecule has 0 radical (unpaired) electrons. The van der Waals surface area contributed by atoms with Gasteiger partial charge < -0.3 is 0 Å². The lowest BCUT2D eigenvalue weighted by molar-refractivity contribution is 0.0815. The van der Waals surface area contributed by atoms with Crippen molar-refractivity contribution in [1.82, 2.24) is 0 Å². The highest BCUT2D eigenvalue weighted by Crippen LogP contribution is 2.39. The van der Waals surface area contributed by atoms with Gasteiger partial charge in [0.2, 0.25) is 11.6 Å². The van der Waals surface area contributed by atoms with Crippen LogP contribution in [0.15, 0.2) is 24.3 Å². The van der Waals surface area contributed by atoms with Crippen LogP contribution in [0.25, 0.3) is 11.1 Å². The van der Waals surface area contributed by atoms with E-state index in [4.69, 9.17) is 0 Å². The van der Waals surface area contributed by atoms with Crippen LogP contribution in [-0.4, -0.2) is 11.6 Å². The lowest BCUT2D eigenvalue weighted by Gasteiger charge is -2.23. The Morgan fingerprint density at radius 3 is 1.30 bits per heavy atom. The van der Waals surface area contributed by atoms with Gasteiger partial charge in [-0.25, -0.2) is 0 Å². The number of hydrogen-bond acceptors (Lipinski definition) is 2. The molecule has 0 saturated carbocycles. The summed E-state index contributed by atoms with van der Waals surface area (Å²) in [5.74, 6) is -0.770. The second-order valence-corrected chi connectivity index (χ2v) is 5.67. The second-order valence-electron chi connectivity index (χ2n) is 5.67. The summed E-state index contributed by atoms with van der Waals surface area (Å²) in [4.78, 5) is 24.7. The molecule has 100 valence electrons. The van der Waals surface area contributed by atoms with Gasteiger partial charge in [0.25, 0.3) is 0 Å². The standard InChI is InChI=1S/C18H16O2/c1-9-5-11(3)15-13(7-9)17(19)18(20)14-8-10(2)6-12(4)16(14)15/h5-8H,1-4H3. The van der Waals surface area contributed by atoms with Crippen LogP contribution in [-0.2, 0) is 0 Å². The van der Waals surface area contributed by atoms with E-state index in [9.17, 15) is 9.59 Å². The van der Waals surface area contributed by atoms with Gasteiger partial charge in [0.1, 0.15) is 0 Å². The fourth-order valence-electron chi connectivity index (χ4n) is 3.20. The van der Waals surface area contributed by atoms with Crippen LogP contribution >= 0.6 is 0 Å². The third-order valence-electron chi connectivity index (χ3n) is 3.91. The molecule has 0 atom stereocenters. The van der Waals surface area contributed by atoms with Crippen molar-refractivity contribution in [2.45, 2.75) is 27.7 Å². The lowest BCUT2D eigenvalue weighted by atomic mass is 9.78. The molecule has 0 fully saturated rings. The topological polar surface area (TPSA) is 34.1 Å². The molecule has 2 aromatic rings. The predicted molar refractivity (Wildman–Crippen MR) is 79.5 cm³/mol. The summed E-state index contributed by atoms with van der Waals surface area (Å²) in [7, 11) is 0. The number of ketones is 2. The maximum absolute atomic E-state index is 12.4. The van der Waals surface area contributed by atoms with Gasteiger partial charge in [0.15, 0.2) is 0 Å². The highest BCUT2D eigenvalue weighted by Gasteiger charge is 2.32. The largest absolute Gasteiger partial charge is 0.285 e.